The maximum atomic E-state index is 13.8. The summed E-state index contributed by atoms with van der Waals surface area (Å²) >= 11 is 3.51. The van der Waals surface area contributed by atoms with Crippen LogP contribution in [0.15, 0.2) is 111 Å². The molecule has 0 fully saturated rings. The third kappa shape index (κ3) is 5.40. The van der Waals surface area contributed by atoms with E-state index in [-0.39, 0.29) is 18.1 Å². The molecule has 0 saturated heterocycles. The van der Waals surface area contributed by atoms with Crippen molar-refractivity contribution in [3.05, 3.63) is 129 Å². The van der Waals surface area contributed by atoms with Crippen molar-refractivity contribution in [2.24, 2.45) is 0 Å². The predicted molar refractivity (Wildman–Crippen MR) is 152 cm³/mol. The van der Waals surface area contributed by atoms with Gasteiger partial charge in [0.15, 0.2) is 0 Å². The van der Waals surface area contributed by atoms with Gasteiger partial charge in [-0.1, -0.05) is 61.5 Å². The number of nitrogens with zero attached hydrogens (tertiary/aromatic N) is 3. The summed E-state index contributed by atoms with van der Waals surface area (Å²) in [6.07, 6.45) is 2.11. The number of nitrogens with one attached hydrogen (secondary N) is 1. The summed E-state index contributed by atoms with van der Waals surface area (Å²) in [6.45, 7) is 2.53. The average molecular weight is 571 g/mol. The number of rotatable bonds is 8. The molecule has 2 heterocycles. The van der Waals surface area contributed by atoms with Gasteiger partial charge in [-0.05, 0) is 64.3 Å². The normalized spacial score (nSPS) is 11.8. The second-order valence-electron chi connectivity index (χ2n) is 8.91. The quantitative estimate of drug-likeness (QED) is 0.218. The van der Waals surface area contributed by atoms with Crippen molar-refractivity contribution >= 4 is 38.6 Å². The molecule has 38 heavy (non-hydrogen) atoms. The van der Waals surface area contributed by atoms with Crippen LogP contribution in [0.4, 0.5) is 10.5 Å². The van der Waals surface area contributed by atoms with E-state index >= 15 is 0 Å². The van der Waals surface area contributed by atoms with Gasteiger partial charge in [0.1, 0.15) is 11.6 Å². The maximum Gasteiger partial charge on any atom is 0.322 e. The van der Waals surface area contributed by atoms with E-state index in [1.165, 1.54) is 0 Å². The molecule has 0 aliphatic carbocycles. The minimum Gasteiger partial charge on any atom is -0.467 e. The molecule has 0 bridgehead atoms. The lowest BCUT2D eigenvalue weighted by molar-refractivity contribution is 0.169. The molecule has 3 aromatic carbocycles. The molecule has 0 saturated carbocycles. The minimum atomic E-state index is -0.511. The molecule has 8 heteroatoms. The lowest BCUT2D eigenvalue weighted by Crippen LogP contribution is -2.40. The van der Waals surface area contributed by atoms with Crippen LogP contribution in [0.5, 0.6) is 0 Å². The predicted octanol–water partition coefficient (Wildman–Crippen LogP) is 6.99. The molecular formula is C30H27BrN4O3. The first-order chi connectivity index (χ1) is 18.5. The zero-order valence-electron chi connectivity index (χ0n) is 20.9. The first-order valence-electron chi connectivity index (χ1n) is 12.4. The smallest absolute Gasteiger partial charge is 0.322 e. The summed E-state index contributed by atoms with van der Waals surface area (Å²) < 4.78 is 8.07. The highest BCUT2D eigenvalue weighted by Crippen LogP contribution is 2.29. The van der Waals surface area contributed by atoms with E-state index in [4.69, 9.17) is 9.40 Å². The van der Waals surface area contributed by atoms with E-state index in [0.29, 0.717) is 41.1 Å². The first-order valence-corrected chi connectivity index (χ1v) is 13.2. The fourth-order valence-corrected chi connectivity index (χ4v) is 4.93. The molecular weight excluding hydrogens is 544 g/mol. The van der Waals surface area contributed by atoms with Gasteiger partial charge in [0.2, 0.25) is 0 Å². The van der Waals surface area contributed by atoms with Crippen LogP contribution in [-0.2, 0) is 13.1 Å². The Morgan fingerprint density at radius 2 is 1.74 bits per heavy atom. The molecule has 0 radical (unpaired) electrons. The zero-order chi connectivity index (χ0) is 26.5. The summed E-state index contributed by atoms with van der Waals surface area (Å²) in [5.41, 5.74) is 2.07. The maximum absolute atomic E-state index is 13.8. The average Bonchev–Trinajstić information content (AvgIpc) is 3.46. The monoisotopic (exact) mass is 570 g/mol. The molecule has 1 atom stereocenters. The highest BCUT2D eigenvalue weighted by atomic mass is 79.9. The van der Waals surface area contributed by atoms with Crippen LogP contribution in [0, 0.1) is 0 Å². The SMILES string of the molecule is CCC(c1nc2ccccc2c(=O)n1Cc1ccccc1)N(Cc1ccco1)C(=O)Nc1ccccc1Br. The van der Waals surface area contributed by atoms with Gasteiger partial charge in [0.25, 0.3) is 5.56 Å². The van der Waals surface area contributed by atoms with E-state index in [2.05, 4.69) is 21.2 Å². The van der Waals surface area contributed by atoms with Gasteiger partial charge in [0.05, 0.1) is 42.0 Å². The standard InChI is InChI=1S/C30H27BrN4O3/c1-2-27(34(20-22-13-10-18-38-22)30(37)33-26-17-9-7-15-24(26)31)28-32-25-16-8-6-14-23(25)29(36)35(28)19-21-11-4-3-5-12-21/h3-18,27H,2,19-20H2,1H3,(H,33,37). The summed E-state index contributed by atoms with van der Waals surface area (Å²) in [6, 6.07) is 27.3. The van der Waals surface area contributed by atoms with Crippen molar-refractivity contribution in [2.75, 3.05) is 5.32 Å². The number of para-hydroxylation sites is 2. The van der Waals surface area contributed by atoms with Crippen LogP contribution in [0.3, 0.4) is 0 Å². The molecule has 5 rings (SSSR count). The second-order valence-corrected chi connectivity index (χ2v) is 9.76. The van der Waals surface area contributed by atoms with Gasteiger partial charge in [-0.15, -0.1) is 0 Å². The van der Waals surface area contributed by atoms with Crippen molar-refractivity contribution in [2.45, 2.75) is 32.5 Å². The van der Waals surface area contributed by atoms with Gasteiger partial charge < -0.3 is 14.6 Å². The number of urea groups is 1. The van der Waals surface area contributed by atoms with Gasteiger partial charge in [-0.3, -0.25) is 9.36 Å². The van der Waals surface area contributed by atoms with Gasteiger partial charge in [0, 0.05) is 4.47 Å². The van der Waals surface area contributed by atoms with Crippen LogP contribution in [0.1, 0.15) is 36.5 Å². The van der Waals surface area contributed by atoms with E-state index in [1.807, 2.05) is 85.8 Å². The molecule has 0 aliphatic heterocycles. The number of carbonyl (C=O) groups excluding carboxylic acids is 1. The molecule has 192 valence electrons. The Kier molecular flexibility index (Phi) is 7.70. The molecule has 2 aromatic heterocycles. The number of anilines is 1. The Balaban J connectivity index is 1.63. The Hall–Kier alpha value is -4.17. The van der Waals surface area contributed by atoms with Crippen molar-refractivity contribution in [3.8, 4) is 0 Å². The minimum absolute atomic E-state index is 0.142. The zero-order valence-corrected chi connectivity index (χ0v) is 22.5. The highest BCUT2D eigenvalue weighted by Gasteiger charge is 2.30. The van der Waals surface area contributed by atoms with Crippen LogP contribution in [0.25, 0.3) is 10.9 Å². The van der Waals surface area contributed by atoms with E-state index in [0.717, 1.165) is 10.0 Å². The first kappa shape index (κ1) is 25.5. The number of furan rings is 1. The number of amides is 2. The summed E-state index contributed by atoms with van der Waals surface area (Å²) in [7, 11) is 0. The Labute approximate surface area is 228 Å². The molecule has 1 unspecified atom stereocenters. The van der Waals surface area contributed by atoms with Crippen molar-refractivity contribution in [1.82, 2.24) is 14.5 Å². The number of carbonyl (C=O) groups is 1. The number of fused-ring (bicyclic) bond motifs is 1. The van der Waals surface area contributed by atoms with Crippen LogP contribution in [0.2, 0.25) is 0 Å². The van der Waals surface area contributed by atoms with E-state index in [9.17, 15) is 9.59 Å². The third-order valence-corrected chi connectivity index (χ3v) is 7.11. The van der Waals surface area contributed by atoms with Crippen LogP contribution >= 0.6 is 15.9 Å². The third-order valence-electron chi connectivity index (χ3n) is 6.42. The van der Waals surface area contributed by atoms with Gasteiger partial charge in [-0.2, -0.15) is 0 Å². The lowest BCUT2D eigenvalue weighted by atomic mass is 10.1. The Morgan fingerprint density at radius 1 is 1.00 bits per heavy atom. The molecule has 7 nitrogen and oxygen atoms in total. The molecule has 1 N–H and O–H groups in total. The largest absolute Gasteiger partial charge is 0.467 e. The van der Waals surface area contributed by atoms with Crippen LogP contribution in [-0.4, -0.2) is 20.5 Å². The van der Waals surface area contributed by atoms with Gasteiger partial charge >= 0.3 is 6.03 Å². The molecule has 5 aromatic rings. The Bertz CT molecular complexity index is 1600. The van der Waals surface area contributed by atoms with Gasteiger partial charge in [-0.25, -0.2) is 9.78 Å². The summed E-state index contributed by atoms with van der Waals surface area (Å²) in [5, 5.41) is 3.55. The van der Waals surface area contributed by atoms with E-state index < -0.39 is 6.04 Å². The molecule has 0 aliphatic rings. The number of aromatic nitrogens is 2. The van der Waals surface area contributed by atoms with E-state index in [1.54, 1.807) is 27.9 Å². The highest BCUT2D eigenvalue weighted by molar-refractivity contribution is 9.10. The number of hydrogen-bond donors (Lipinski definition) is 1. The number of halogens is 1. The van der Waals surface area contributed by atoms with Crippen LogP contribution < -0.4 is 10.9 Å². The summed E-state index contributed by atoms with van der Waals surface area (Å²) in [4.78, 5) is 34.3. The van der Waals surface area contributed by atoms with Crippen molar-refractivity contribution < 1.29 is 9.21 Å². The van der Waals surface area contributed by atoms with Crippen molar-refractivity contribution in [1.29, 1.82) is 0 Å². The number of benzene rings is 3. The summed E-state index contributed by atoms with van der Waals surface area (Å²) in [5.74, 6) is 1.15. The second kappa shape index (κ2) is 11.5. The van der Waals surface area contributed by atoms with Crippen molar-refractivity contribution in [3.63, 3.8) is 0 Å². The topological polar surface area (TPSA) is 80.4 Å². The molecule has 2 amide bonds. The Morgan fingerprint density at radius 3 is 2.47 bits per heavy atom. The molecule has 0 spiro atoms. The fraction of sp³-hybridized carbons (Fsp3) is 0.167. The fourth-order valence-electron chi connectivity index (χ4n) is 4.54. The number of hydrogen-bond acceptors (Lipinski definition) is 4. The lowest BCUT2D eigenvalue weighted by Gasteiger charge is -2.32.